The van der Waals surface area contributed by atoms with Crippen molar-refractivity contribution in [3.05, 3.63) is 95.1 Å². The molecule has 0 saturated heterocycles. The van der Waals surface area contributed by atoms with Crippen LogP contribution >= 0.6 is 0 Å². The molecule has 2 heterocycles. The number of amides is 2. The molecule has 6 nitrogen and oxygen atoms in total. The van der Waals surface area contributed by atoms with Gasteiger partial charge < -0.3 is 10.6 Å². The van der Waals surface area contributed by atoms with Gasteiger partial charge in [0.1, 0.15) is 0 Å². The second-order valence-electron chi connectivity index (χ2n) is 6.14. The summed E-state index contributed by atoms with van der Waals surface area (Å²) in [4.78, 5) is 32.8. The summed E-state index contributed by atoms with van der Waals surface area (Å²) in [6.07, 6.45) is 4.55. The highest BCUT2D eigenvalue weighted by molar-refractivity contribution is 5.99. The first-order chi connectivity index (χ1) is 13.1. The van der Waals surface area contributed by atoms with Crippen molar-refractivity contribution in [2.75, 3.05) is 0 Å². The summed E-state index contributed by atoms with van der Waals surface area (Å²) in [7, 11) is 0. The van der Waals surface area contributed by atoms with Gasteiger partial charge in [-0.15, -0.1) is 0 Å². The van der Waals surface area contributed by atoms with Crippen LogP contribution in [-0.4, -0.2) is 21.8 Å². The fourth-order valence-electron chi connectivity index (χ4n) is 2.57. The van der Waals surface area contributed by atoms with E-state index in [4.69, 9.17) is 0 Å². The normalized spacial score (nSPS) is 10.3. The van der Waals surface area contributed by atoms with Crippen molar-refractivity contribution < 1.29 is 9.59 Å². The molecule has 1 aromatic carbocycles. The highest BCUT2D eigenvalue weighted by Gasteiger charge is 2.11. The van der Waals surface area contributed by atoms with Crippen LogP contribution in [-0.2, 0) is 13.1 Å². The Hall–Kier alpha value is -3.54. The number of rotatable bonds is 6. The van der Waals surface area contributed by atoms with Crippen LogP contribution in [0.25, 0.3) is 0 Å². The molecule has 2 amide bonds. The number of benzene rings is 1. The van der Waals surface area contributed by atoms with Crippen LogP contribution in [0.4, 0.5) is 0 Å². The standard InChI is InChI=1S/C21H20N4O2/c1-15-5-4-6-16(9-15)11-24-20(26)17-10-18(13-22-12-17)21(27)25-14-19-7-2-3-8-23-19/h2-10,12-13H,11,14H2,1H3,(H,24,26)(H,25,27). The van der Waals surface area contributed by atoms with E-state index in [0.29, 0.717) is 24.2 Å². The Morgan fingerprint density at radius 3 is 2.30 bits per heavy atom. The molecule has 0 saturated carbocycles. The van der Waals surface area contributed by atoms with E-state index in [1.54, 1.807) is 6.20 Å². The lowest BCUT2D eigenvalue weighted by molar-refractivity contribution is 0.0950. The Morgan fingerprint density at radius 2 is 1.63 bits per heavy atom. The molecule has 2 aromatic heterocycles. The van der Waals surface area contributed by atoms with Gasteiger partial charge in [0.15, 0.2) is 0 Å². The predicted molar refractivity (Wildman–Crippen MR) is 102 cm³/mol. The summed E-state index contributed by atoms with van der Waals surface area (Å²) in [5.74, 6) is -0.579. The highest BCUT2D eigenvalue weighted by atomic mass is 16.2. The fraction of sp³-hybridized carbons (Fsp3) is 0.143. The molecule has 2 N–H and O–H groups in total. The van der Waals surface area contributed by atoms with Gasteiger partial charge in [0.25, 0.3) is 11.8 Å². The van der Waals surface area contributed by atoms with E-state index >= 15 is 0 Å². The van der Waals surface area contributed by atoms with Crippen LogP contribution < -0.4 is 10.6 Å². The first-order valence-corrected chi connectivity index (χ1v) is 8.59. The minimum Gasteiger partial charge on any atom is -0.348 e. The summed E-state index contributed by atoms with van der Waals surface area (Å²) in [6, 6.07) is 14.9. The summed E-state index contributed by atoms with van der Waals surface area (Å²) in [6.45, 7) is 2.72. The topological polar surface area (TPSA) is 84.0 Å². The van der Waals surface area contributed by atoms with Crippen LogP contribution in [0.2, 0.25) is 0 Å². The zero-order chi connectivity index (χ0) is 19.1. The van der Waals surface area contributed by atoms with Gasteiger partial charge in [-0.1, -0.05) is 35.9 Å². The number of nitrogens with zero attached hydrogens (tertiary/aromatic N) is 2. The van der Waals surface area contributed by atoms with Gasteiger partial charge in [-0.3, -0.25) is 19.6 Å². The smallest absolute Gasteiger partial charge is 0.253 e. The lowest BCUT2D eigenvalue weighted by Gasteiger charge is -2.08. The van der Waals surface area contributed by atoms with Crippen molar-refractivity contribution in [3.63, 3.8) is 0 Å². The fourth-order valence-corrected chi connectivity index (χ4v) is 2.57. The number of carbonyl (C=O) groups excluding carboxylic acids is 2. The molecule has 3 aromatic rings. The number of nitrogens with one attached hydrogen (secondary N) is 2. The number of hydrogen-bond acceptors (Lipinski definition) is 4. The third-order valence-corrected chi connectivity index (χ3v) is 3.95. The minimum atomic E-state index is -0.304. The van der Waals surface area contributed by atoms with Gasteiger partial charge in [-0.25, -0.2) is 0 Å². The van der Waals surface area contributed by atoms with Crippen molar-refractivity contribution in [2.24, 2.45) is 0 Å². The molecule has 6 heteroatoms. The van der Waals surface area contributed by atoms with Crippen LogP contribution in [0, 0.1) is 6.92 Å². The molecule has 0 fully saturated rings. The zero-order valence-corrected chi connectivity index (χ0v) is 15.0. The van der Waals surface area contributed by atoms with Gasteiger partial charge >= 0.3 is 0 Å². The minimum absolute atomic E-state index is 0.275. The molecule has 0 bridgehead atoms. The van der Waals surface area contributed by atoms with E-state index in [1.807, 2.05) is 49.4 Å². The summed E-state index contributed by atoms with van der Waals surface area (Å²) in [5, 5.41) is 5.62. The van der Waals surface area contributed by atoms with Crippen molar-refractivity contribution >= 4 is 11.8 Å². The predicted octanol–water partition coefficient (Wildman–Crippen LogP) is 2.65. The van der Waals surface area contributed by atoms with Gasteiger partial charge in [0.2, 0.25) is 0 Å². The average Bonchev–Trinajstić information content (AvgIpc) is 2.71. The van der Waals surface area contributed by atoms with E-state index in [9.17, 15) is 9.59 Å². The lowest BCUT2D eigenvalue weighted by Crippen LogP contribution is -2.26. The van der Waals surface area contributed by atoms with E-state index in [0.717, 1.165) is 16.8 Å². The van der Waals surface area contributed by atoms with Crippen LogP contribution in [0.15, 0.2) is 67.1 Å². The van der Waals surface area contributed by atoms with Crippen LogP contribution in [0.5, 0.6) is 0 Å². The van der Waals surface area contributed by atoms with Gasteiger partial charge in [-0.2, -0.15) is 0 Å². The van der Waals surface area contributed by atoms with Crippen molar-refractivity contribution in [1.82, 2.24) is 20.6 Å². The van der Waals surface area contributed by atoms with E-state index in [1.165, 1.54) is 18.5 Å². The molecule has 0 aliphatic rings. The molecular weight excluding hydrogens is 340 g/mol. The molecule has 0 aliphatic heterocycles. The molecule has 136 valence electrons. The molecule has 0 atom stereocenters. The quantitative estimate of drug-likeness (QED) is 0.708. The number of carbonyl (C=O) groups is 2. The first-order valence-electron chi connectivity index (χ1n) is 8.59. The molecule has 0 spiro atoms. The molecule has 3 rings (SSSR count). The third-order valence-electron chi connectivity index (χ3n) is 3.95. The third kappa shape index (κ3) is 5.22. The Morgan fingerprint density at radius 1 is 0.889 bits per heavy atom. The van der Waals surface area contributed by atoms with Gasteiger partial charge in [-0.05, 0) is 30.7 Å². The van der Waals surface area contributed by atoms with E-state index < -0.39 is 0 Å². The molecular formula is C21H20N4O2. The molecule has 0 unspecified atom stereocenters. The van der Waals surface area contributed by atoms with Crippen molar-refractivity contribution in [2.45, 2.75) is 20.0 Å². The number of pyridine rings is 2. The highest BCUT2D eigenvalue weighted by Crippen LogP contribution is 2.06. The molecule has 0 aliphatic carbocycles. The zero-order valence-electron chi connectivity index (χ0n) is 15.0. The first kappa shape index (κ1) is 18.3. The Labute approximate surface area is 157 Å². The lowest BCUT2D eigenvalue weighted by atomic mass is 10.1. The number of aryl methyl sites for hydroxylation is 1. The van der Waals surface area contributed by atoms with Gasteiger partial charge in [0.05, 0.1) is 23.4 Å². The Kier molecular flexibility index (Phi) is 5.89. The van der Waals surface area contributed by atoms with Gasteiger partial charge in [0, 0.05) is 25.1 Å². The maximum atomic E-state index is 12.4. The van der Waals surface area contributed by atoms with Crippen molar-refractivity contribution in [1.29, 1.82) is 0 Å². The van der Waals surface area contributed by atoms with E-state index in [2.05, 4.69) is 20.6 Å². The molecule has 27 heavy (non-hydrogen) atoms. The maximum absolute atomic E-state index is 12.4. The second kappa shape index (κ2) is 8.71. The largest absolute Gasteiger partial charge is 0.348 e. The van der Waals surface area contributed by atoms with Crippen molar-refractivity contribution in [3.8, 4) is 0 Å². The average molecular weight is 360 g/mol. The Bertz CT molecular complexity index is 942. The summed E-state index contributed by atoms with van der Waals surface area (Å²) >= 11 is 0. The monoisotopic (exact) mass is 360 g/mol. The second-order valence-corrected chi connectivity index (χ2v) is 6.14. The summed E-state index contributed by atoms with van der Waals surface area (Å²) in [5.41, 5.74) is 3.57. The Balaban J connectivity index is 1.60. The number of aromatic nitrogens is 2. The maximum Gasteiger partial charge on any atom is 0.253 e. The molecule has 0 radical (unpaired) electrons. The van der Waals surface area contributed by atoms with Crippen LogP contribution in [0.1, 0.15) is 37.5 Å². The number of hydrogen-bond donors (Lipinski definition) is 2. The van der Waals surface area contributed by atoms with Crippen LogP contribution in [0.3, 0.4) is 0 Å². The van der Waals surface area contributed by atoms with E-state index in [-0.39, 0.29) is 11.8 Å². The summed E-state index contributed by atoms with van der Waals surface area (Å²) < 4.78 is 0. The SMILES string of the molecule is Cc1cccc(CNC(=O)c2cncc(C(=O)NCc3ccccn3)c2)c1.